The standard InChI is InChI=1S/C19H20N2O2/c1-21-12-10-15-16(8-5-9-18(15)21)19(23)20-17(11-13-22)14-6-3-2-4-7-14/h2-10,12,17,22H,11,13H2,1H3,(H,20,23). The Morgan fingerprint density at radius 2 is 1.91 bits per heavy atom. The van der Waals surface area contributed by atoms with E-state index in [2.05, 4.69) is 5.32 Å². The number of hydrogen-bond donors (Lipinski definition) is 2. The zero-order valence-corrected chi connectivity index (χ0v) is 13.1. The first-order valence-electron chi connectivity index (χ1n) is 7.71. The van der Waals surface area contributed by atoms with Crippen molar-refractivity contribution in [2.45, 2.75) is 12.5 Å². The molecule has 3 aromatic rings. The van der Waals surface area contributed by atoms with Crippen molar-refractivity contribution < 1.29 is 9.90 Å². The van der Waals surface area contributed by atoms with Gasteiger partial charge in [-0.1, -0.05) is 36.4 Å². The van der Waals surface area contributed by atoms with Crippen LogP contribution in [0.5, 0.6) is 0 Å². The average molecular weight is 308 g/mol. The van der Waals surface area contributed by atoms with E-state index in [1.807, 2.05) is 72.4 Å². The monoisotopic (exact) mass is 308 g/mol. The number of aliphatic hydroxyl groups is 1. The van der Waals surface area contributed by atoms with Crippen LogP contribution >= 0.6 is 0 Å². The first kappa shape index (κ1) is 15.3. The normalized spacial score (nSPS) is 12.3. The van der Waals surface area contributed by atoms with E-state index in [4.69, 9.17) is 0 Å². The van der Waals surface area contributed by atoms with E-state index in [0.717, 1.165) is 16.5 Å². The van der Waals surface area contributed by atoms with Gasteiger partial charge in [-0.2, -0.15) is 0 Å². The highest BCUT2D eigenvalue weighted by atomic mass is 16.3. The Morgan fingerprint density at radius 3 is 2.65 bits per heavy atom. The van der Waals surface area contributed by atoms with Crippen molar-refractivity contribution in [1.82, 2.24) is 9.88 Å². The third kappa shape index (κ3) is 3.12. The van der Waals surface area contributed by atoms with Gasteiger partial charge in [0.25, 0.3) is 5.91 Å². The molecule has 1 amide bonds. The fourth-order valence-corrected chi connectivity index (χ4v) is 2.87. The minimum Gasteiger partial charge on any atom is -0.396 e. The van der Waals surface area contributed by atoms with E-state index < -0.39 is 0 Å². The van der Waals surface area contributed by atoms with Gasteiger partial charge in [-0.3, -0.25) is 4.79 Å². The molecule has 23 heavy (non-hydrogen) atoms. The Labute approximate surface area is 135 Å². The maximum Gasteiger partial charge on any atom is 0.252 e. The van der Waals surface area contributed by atoms with Crippen LogP contribution in [0.25, 0.3) is 10.9 Å². The van der Waals surface area contributed by atoms with E-state index in [-0.39, 0.29) is 18.6 Å². The van der Waals surface area contributed by atoms with Crippen LogP contribution in [0.2, 0.25) is 0 Å². The molecular weight excluding hydrogens is 288 g/mol. The summed E-state index contributed by atoms with van der Waals surface area (Å²) in [5.74, 6) is -0.121. The molecule has 0 saturated heterocycles. The largest absolute Gasteiger partial charge is 0.396 e. The lowest BCUT2D eigenvalue weighted by molar-refractivity contribution is 0.0931. The number of benzene rings is 2. The summed E-state index contributed by atoms with van der Waals surface area (Å²) >= 11 is 0. The molecule has 118 valence electrons. The molecule has 1 aromatic heterocycles. The molecule has 0 fully saturated rings. The highest BCUT2D eigenvalue weighted by Crippen LogP contribution is 2.22. The Bertz CT molecular complexity index is 809. The van der Waals surface area contributed by atoms with Gasteiger partial charge in [0.1, 0.15) is 0 Å². The van der Waals surface area contributed by atoms with Gasteiger partial charge in [0.05, 0.1) is 6.04 Å². The summed E-state index contributed by atoms with van der Waals surface area (Å²) in [7, 11) is 1.96. The molecule has 4 heteroatoms. The maximum absolute atomic E-state index is 12.7. The Balaban J connectivity index is 1.89. The van der Waals surface area contributed by atoms with Crippen molar-refractivity contribution in [2.24, 2.45) is 7.05 Å². The van der Waals surface area contributed by atoms with Gasteiger partial charge in [-0.15, -0.1) is 0 Å². The molecule has 3 rings (SSSR count). The van der Waals surface area contributed by atoms with Crippen LogP contribution < -0.4 is 5.32 Å². The van der Waals surface area contributed by atoms with Crippen molar-refractivity contribution in [3.63, 3.8) is 0 Å². The van der Waals surface area contributed by atoms with Crippen LogP contribution in [0.1, 0.15) is 28.4 Å². The van der Waals surface area contributed by atoms with Crippen molar-refractivity contribution in [3.05, 3.63) is 71.9 Å². The Morgan fingerprint density at radius 1 is 1.13 bits per heavy atom. The summed E-state index contributed by atoms with van der Waals surface area (Å²) in [6.07, 6.45) is 2.43. The zero-order valence-electron chi connectivity index (χ0n) is 13.1. The molecule has 4 nitrogen and oxygen atoms in total. The molecule has 1 heterocycles. The van der Waals surface area contributed by atoms with Gasteiger partial charge in [0, 0.05) is 36.3 Å². The van der Waals surface area contributed by atoms with Gasteiger partial charge in [0.2, 0.25) is 0 Å². The number of rotatable bonds is 5. The molecule has 2 aromatic carbocycles. The lowest BCUT2D eigenvalue weighted by Gasteiger charge is -2.18. The van der Waals surface area contributed by atoms with Gasteiger partial charge < -0.3 is 15.0 Å². The second kappa shape index (κ2) is 6.67. The van der Waals surface area contributed by atoms with Crippen molar-refractivity contribution in [1.29, 1.82) is 0 Å². The van der Waals surface area contributed by atoms with Crippen molar-refractivity contribution in [3.8, 4) is 0 Å². The van der Waals surface area contributed by atoms with Crippen LogP contribution in [0.4, 0.5) is 0 Å². The van der Waals surface area contributed by atoms with E-state index in [0.29, 0.717) is 12.0 Å². The van der Waals surface area contributed by atoms with Crippen molar-refractivity contribution >= 4 is 16.8 Å². The fourth-order valence-electron chi connectivity index (χ4n) is 2.87. The average Bonchev–Trinajstić information content (AvgIpc) is 2.96. The van der Waals surface area contributed by atoms with Gasteiger partial charge >= 0.3 is 0 Å². The van der Waals surface area contributed by atoms with E-state index in [9.17, 15) is 9.90 Å². The quantitative estimate of drug-likeness (QED) is 0.761. The minimum atomic E-state index is -0.201. The van der Waals surface area contributed by atoms with E-state index in [1.54, 1.807) is 0 Å². The molecule has 0 saturated carbocycles. The zero-order chi connectivity index (χ0) is 16.2. The predicted octanol–water partition coefficient (Wildman–Crippen LogP) is 3.03. The third-order valence-corrected chi connectivity index (χ3v) is 4.10. The molecule has 1 atom stereocenters. The first-order valence-corrected chi connectivity index (χ1v) is 7.71. The molecule has 1 unspecified atom stereocenters. The highest BCUT2D eigenvalue weighted by Gasteiger charge is 2.17. The van der Waals surface area contributed by atoms with Crippen LogP contribution in [0.3, 0.4) is 0 Å². The van der Waals surface area contributed by atoms with Crippen LogP contribution in [-0.2, 0) is 7.05 Å². The summed E-state index contributed by atoms with van der Waals surface area (Å²) in [5.41, 5.74) is 2.67. The molecular formula is C19H20N2O2. The number of nitrogens with one attached hydrogen (secondary N) is 1. The number of nitrogens with zero attached hydrogens (tertiary/aromatic N) is 1. The number of hydrogen-bond acceptors (Lipinski definition) is 2. The second-order valence-electron chi connectivity index (χ2n) is 5.61. The first-order chi connectivity index (χ1) is 11.2. The van der Waals surface area contributed by atoms with Crippen LogP contribution in [0, 0.1) is 0 Å². The fraction of sp³-hybridized carbons (Fsp3) is 0.211. The topological polar surface area (TPSA) is 54.3 Å². The number of carbonyl (C=O) groups is 1. The predicted molar refractivity (Wildman–Crippen MR) is 91.3 cm³/mol. The molecule has 0 aliphatic rings. The lowest BCUT2D eigenvalue weighted by Crippen LogP contribution is -2.29. The van der Waals surface area contributed by atoms with Gasteiger partial charge in [-0.05, 0) is 30.2 Å². The Kier molecular flexibility index (Phi) is 4.44. The summed E-state index contributed by atoms with van der Waals surface area (Å²) in [4.78, 5) is 12.7. The summed E-state index contributed by atoms with van der Waals surface area (Å²) < 4.78 is 1.99. The number of carbonyl (C=O) groups excluding carboxylic acids is 1. The number of fused-ring (bicyclic) bond motifs is 1. The van der Waals surface area contributed by atoms with E-state index >= 15 is 0 Å². The van der Waals surface area contributed by atoms with Crippen LogP contribution in [0.15, 0.2) is 60.8 Å². The maximum atomic E-state index is 12.7. The SMILES string of the molecule is Cn1ccc2c(C(=O)NC(CCO)c3ccccc3)cccc21. The Hall–Kier alpha value is -2.59. The molecule has 0 bridgehead atoms. The van der Waals surface area contributed by atoms with E-state index in [1.165, 1.54) is 0 Å². The second-order valence-corrected chi connectivity index (χ2v) is 5.61. The summed E-state index contributed by atoms with van der Waals surface area (Å²) in [6.45, 7) is 0.0232. The molecule has 0 spiro atoms. The number of aliphatic hydroxyl groups excluding tert-OH is 1. The van der Waals surface area contributed by atoms with Crippen LogP contribution in [-0.4, -0.2) is 22.2 Å². The number of aromatic nitrogens is 1. The summed E-state index contributed by atoms with van der Waals surface area (Å²) in [5, 5.41) is 13.3. The van der Waals surface area contributed by atoms with Crippen molar-refractivity contribution in [2.75, 3.05) is 6.61 Å². The number of aryl methyl sites for hydroxylation is 1. The smallest absolute Gasteiger partial charge is 0.252 e. The number of amides is 1. The molecule has 2 N–H and O–H groups in total. The van der Waals surface area contributed by atoms with Gasteiger partial charge in [0.15, 0.2) is 0 Å². The third-order valence-electron chi connectivity index (χ3n) is 4.10. The van der Waals surface area contributed by atoms with Gasteiger partial charge in [-0.25, -0.2) is 0 Å². The highest BCUT2D eigenvalue weighted by molar-refractivity contribution is 6.06. The molecule has 0 radical (unpaired) electrons. The minimum absolute atomic E-state index is 0.0232. The molecule has 0 aliphatic heterocycles. The molecule has 0 aliphatic carbocycles. The summed E-state index contributed by atoms with van der Waals surface area (Å²) in [6, 6.07) is 17.2. The lowest BCUT2D eigenvalue weighted by atomic mass is 10.0.